The molecule has 26 heavy (non-hydrogen) atoms. The molecule has 3 rings (SSSR count). The van der Waals surface area contributed by atoms with E-state index in [0.29, 0.717) is 22.5 Å². The van der Waals surface area contributed by atoms with Gasteiger partial charge in [0.15, 0.2) is 0 Å². The summed E-state index contributed by atoms with van der Waals surface area (Å²) in [5.74, 6) is -0.308. The molecule has 0 aliphatic carbocycles. The predicted molar refractivity (Wildman–Crippen MR) is 87.9 cm³/mol. The van der Waals surface area contributed by atoms with E-state index in [9.17, 15) is 18.0 Å². The Morgan fingerprint density at radius 2 is 2.08 bits per heavy atom. The van der Waals surface area contributed by atoms with Crippen LogP contribution < -0.4 is 5.32 Å². The fourth-order valence-corrected chi connectivity index (χ4v) is 2.67. The zero-order valence-corrected chi connectivity index (χ0v) is 14.0. The number of nitrogens with zero attached hydrogens (tertiary/aromatic N) is 2. The summed E-state index contributed by atoms with van der Waals surface area (Å²) in [6.07, 6.45) is -0.154. The fourth-order valence-electron chi connectivity index (χ4n) is 2.67. The average molecular weight is 363 g/mol. The van der Waals surface area contributed by atoms with Crippen molar-refractivity contribution in [2.24, 2.45) is 0 Å². The molecule has 5 nitrogen and oxygen atoms in total. The lowest BCUT2D eigenvalue weighted by atomic mass is 10.1. The number of amides is 1. The molecule has 0 aliphatic rings. The largest absolute Gasteiger partial charge is 0.472 e. The Morgan fingerprint density at radius 1 is 1.31 bits per heavy atom. The van der Waals surface area contributed by atoms with Gasteiger partial charge in [-0.05, 0) is 38.1 Å². The predicted octanol–water partition coefficient (Wildman–Crippen LogP) is 4.28. The van der Waals surface area contributed by atoms with Gasteiger partial charge in [-0.15, -0.1) is 0 Å². The SMILES string of the molecule is Cc1c(C(C)NC(=O)c2ccoc2)cnn1-c1cccc(C(F)(F)F)c1. The molecule has 1 unspecified atom stereocenters. The lowest BCUT2D eigenvalue weighted by Crippen LogP contribution is -2.26. The van der Waals surface area contributed by atoms with Gasteiger partial charge in [0.25, 0.3) is 5.91 Å². The third-order valence-electron chi connectivity index (χ3n) is 4.06. The first kappa shape index (κ1) is 17.8. The molecule has 0 saturated carbocycles. The molecule has 1 atom stereocenters. The lowest BCUT2D eigenvalue weighted by molar-refractivity contribution is -0.137. The van der Waals surface area contributed by atoms with Gasteiger partial charge >= 0.3 is 6.18 Å². The molecule has 0 bridgehead atoms. The third-order valence-corrected chi connectivity index (χ3v) is 4.06. The maximum Gasteiger partial charge on any atom is 0.416 e. The van der Waals surface area contributed by atoms with Crippen molar-refractivity contribution in [3.63, 3.8) is 0 Å². The Morgan fingerprint density at radius 3 is 2.73 bits per heavy atom. The van der Waals surface area contributed by atoms with Gasteiger partial charge in [-0.1, -0.05) is 6.07 Å². The van der Waals surface area contributed by atoms with E-state index in [1.807, 2.05) is 0 Å². The molecule has 0 aliphatic heterocycles. The minimum Gasteiger partial charge on any atom is -0.472 e. The van der Waals surface area contributed by atoms with Crippen LogP contribution in [0.1, 0.15) is 40.1 Å². The molecular formula is C18H16F3N3O2. The van der Waals surface area contributed by atoms with Crippen molar-refractivity contribution < 1.29 is 22.4 Å². The van der Waals surface area contributed by atoms with Crippen LogP contribution in [-0.4, -0.2) is 15.7 Å². The van der Waals surface area contributed by atoms with Gasteiger partial charge in [0.2, 0.25) is 0 Å². The summed E-state index contributed by atoms with van der Waals surface area (Å²) in [5, 5.41) is 6.99. The van der Waals surface area contributed by atoms with Crippen LogP contribution in [0.3, 0.4) is 0 Å². The second kappa shape index (κ2) is 6.70. The van der Waals surface area contributed by atoms with Gasteiger partial charge in [-0.3, -0.25) is 4.79 Å². The first-order valence-corrected chi connectivity index (χ1v) is 7.82. The van der Waals surface area contributed by atoms with Crippen LogP contribution in [0.5, 0.6) is 0 Å². The van der Waals surface area contributed by atoms with E-state index in [2.05, 4.69) is 10.4 Å². The number of rotatable bonds is 4. The molecule has 136 valence electrons. The van der Waals surface area contributed by atoms with E-state index < -0.39 is 11.7 Å². The van der Waals surface area contributed by atoms with Crippen molar-refractivity contribution in [2.75, 3.05) is 0 Å². The van der Waals surface area contributed by atoms with Gasteiger partial charge in [0.05, 0.1) is 35.3 Å². The number of hydrogen-bond acceptors (Lipinski definition) is 3. The first-order valence-electron chi connectivity index (χ1n) is 7.82. The molecule has 1 aromatic carbocycles. The van der Waals surface area contributed by atoms with Crippen LogP contribution in [0.2, 0.25) is 0 Å². The quantitative estimate of drug-likeness (QED) is 0.752. The smallest absolute Gasteiger partial charge is 0.416 e. The van der Waals surface area contributed by atoms with Crippen molar-refractivity contribution >= 4 is 5.91 Å². The van der Waals surface area contributed by atoms with Gasteiger partial charge < -0.3 is 9.73 Å². The van der Waals surface area contributed by atoms with Gasteiger partial charge in [0.1, 0.15) is 6.26 Å². The van der Waals surface area contributed by atoms with Gasteiger partial charge in [-0.2, -0.15) is 18.3 Å². The summed E-state index contributed by atoms with van der Waals surface area (Å²) >= 11 is 0. The second-order valence-corrected chi connectivity index (χ2v) is 5.85. The zero-order chi connectivity index (χ0) is 18.9. The number of hydrogen-bond donors (Lipinski definition) is 1. The molecule has 0 radical (unpaired) electrons. The normalized spacial score (nSPS) is 12.8. The molecule has 1 N–H and O–H groups in total. The van der Waals surface area contributed by atoms with Crippen molar-refractivity contribution in [1.82, 2.24) is 15.1 Å². The van der Waals surface area contributed by atoms with Gasteiger partial charge in [-0.25, -0.2) is 4.68 Å². The van der Waals surface area contributed by atoms with Crippen molar-refractivity contribution in [2.45, 2.75) is 26.1 Å². The minimum atomic E-state index is -4.42. The van der Waals surface area contributed by atoms with Crippen LogP contribution >= 0.6 is 0 Å². The van der Waals surface area contributed by atoms with Crippen LogP contribution in [0.25, 0.3) is 5.69 Å². The first-order chi connectivity index (χ1) is 12.3. The van der Waals surface area contributed by atoms with Crippen LogP contribution in [0.15, 0.2) is 53.5 Å². The van der Waals surface area contributed by atoms with E-state index in [1.54, 1.807) is 26.0 Å². The summed E-state index contributed by atoms with van der Waals surface area (Å²) < 4.78 is 45.0. The lowest BCUT2D eigenvalue weighted by Gasteiger charge is -2.14. The van der Waals surface area contributed by atoms with Gasteiger partial charge in [0, 0.05) is 11.3 Å². The van der Waals surface area contributed by atoms with E-state index in [-0.39, 0.29) is 11.9 Å². The highest BCUT2D eigenvalue weighted by Gasteiger charge is 2.30. The molecule has 0 fully saturated rings. The molecule has 3 aromatic rings. The number of aromatic nitrogens is 2. The van der Waals surface area contributed by atoms with E-state index >= 15 is 0 Å². The molecule has 1 amide bonds. The summed E-state index contributed by atoms with van der Waals surface area (Å²) in [5.41, 5.74) is 1.30. The van der Waals surface area contributed by atoms with Crippen LogP contribution in [0, 0.1) is 6.92 Å². The highest BCUT2D eigenvalue weighted by molar-refractivity contribution is 5.94. The number of nitrogens with one attached hydrogen (secondary N) is 1. The molecule has 8 heteroatoms. The van der Waals surface area contributed by atoms with Crippen molar-refractivity contribution in [3.05, 3.63) is 71.4 Å². The number of carbonyl (C=O) groups excluding carboxylic acids is 1. The second-order valence-electron chi connectivity index (χ2n) is 5.85. The number of benzene rings is 1. The maximum atomic E-state index is 12.9. The Labute approximate surface area is 147 Å². The monoisotopic (exact) mass is 363 g/mol. The summed E-state index contributed by atoms with van der Waals surface area (Å²) in [6.45, 7) is 3.52. The molecule has 0 spiro atoms. The Balaban J connectivity index is 1.85. The van der Waals surface area contributed by atoms with E-state index in [1.165, 1.54) is 29.5 Å². The minimum absolute atomic E-state index is 0.303. The Kier molecular flexibility index (Phi) is 4.58. The number of alkyl halides is 3. The average Bonchev–Trinajstić information content (AvgIpc) is 3.23. The maximum absolute atomic E-state index is 12.9. The molecule has 0 saturated heterocycles. The molecular weight excluding hydrogens is 347 g/mol. The fraction of sp³-hybridized carbons (Fsp3) is 0.222. The van der Waals surface area contributed by atoms with E-state index in [4.69, 9.17) is 4.42 Å². The molecule has 2 heterocycles. The highest BCUT2D eigenvalue weighted by atomic mass is 19.4. The topological polar surface area (TPSA) is 60.1 Å². The van der Waals surface area contributed by atoms with Crippen LogP contribution in [-0.2, 0) is 6.18 Å². The summed E-state index contributed by atoms with van der Waals surface area (Å²) in [6, 6.07) is 6.10. The van der Waals surface area contributed by atoms with E-state index in [0.717, 1.165) is 12.1 Å². The highest BCUT2D eigenvalue weighted by Crippen LogP contribution is 2.31. The Bertz CT molecular complexity index is 914. The summed E-state index contributed by atoms with van der Waals surface area (Å²) in [7, 11) is 0. The zero-order valence-electron chi connectivity index (χ0n) is 14.0. The Hall–Kier alpha value is -3.03. The van der Waals surface area contributed by atoms with Crippen molar-refractivity contribution in [3.8, 4) is 5.69 Å². The molecule has 2 aromatic heterocycles. The van der Waals surface area contributed by atoms with Crippen molar-refractivity contribution in [1.29, 1.82) is 0 Å². The number of halogens is 3. The number of furan rings is 1. The number of carbonyl (C=O) groups is 1. The third kappa shape index (κ3) is 3.49. The summed E-state index contributed by atoms with van der Waals surface area (Å²) in [4.78, 5) is 12.1. The van der Waals surface area contributed by atoms with Crippen LogP contribution in [0.4, 0.5) is 13.2 Å². The standard InChI is InChI=1S/C18H16F3N3O2/c1-11(23-17(25)13-6-7-26-10-13)16-9-22-24(12(16)2)15-5-3-4-14(8-15)18(19,20)21/h3-11H,1-2H3,(H,23,25).